The molecule has 0 bridgehead atoms. The zero-order valence-electron chi connectivity index (χ0n) is 15.4. The Kier molecular flexibility index (Phi) is 7.56. The molecule has 0 saturated carbocycles. The molecule has 0 aliphatic rings. The Hall–Kier alpha value is -2.65. The number of nitrogens with zero attached hydrogens (tertiary/aromatic N) is 3. The molecule has 7 nitrogen and oxygen atoms in total. The second-order valence-corrected chi connectivity index (χ2v) is 6.23. The van der Waals surface area contributed by atoms with Gasteiger partial charge in [-0.2, -0.15) is 0 Å². The summed E-state index contributed by atoms with van der Waals surface area (Å²) in [6.07, 6.45) is 2.69. The van der Waals surface area contributed by atoms with E-state index in [0.29, 0.717) is 15.8 Å². The SMILES string of the molecule is CC.CC(Nc1nc(C(=O)NCCO)c2sccc2n1)c1cncc(F)c1. The van der Waals surface area contributed by atoms with E-state index in [1.807, 2.05) is 26.2 Å². The van der Waals surface area contributed by atoms with Gasteiger partial charge in [-0.15, -0.1) is 11.3 Å². The summed E-state index contributed by atoms with van der Waals surface area (Å²) >= 11 is 1.37. The van der Waals surface area contributed by atoms with Crippen LogP contribution in [0.25, 0.3) is 10.2 Å². The number of nitrogens with one attached hydrogen (secondary N) is 2. The number of carbonyl (C=O) groups excluding carboxylic acids is 1. The van der Waals surface area contributed by atoms with Crippen molar-refractivity contribution in [3.05, 3.63) is 47.0 Å². The largest absolute Gasteiger partial charge is 0.395 e. The van der Waals surface area contributed by atoms with E-state index < -0.39 is 5.82 Å². The average Bonchev–Trinajstić information content (AvgIpc) is 3.15. The minimum Gasteiger partial charge on any atom is -0.395 e. The molecular weight excluding hydrogens is 369 g/mol. The van der Waals surface area contributed by atoms with Gasteiger partial charge in [-0.05, 0) is 30.0 Å². The highest BCUT2D eigenvalue weighted by Crippen LogP contribution is 2.25. The fourth-order valence-electron chi connectivity index (χ4n) is 2.28. The average molecular weight is 391 g/mol. The molecule has 0 aliphatic carbocycles. The van der Waals surface area contributed by atoms with E-state index in [1.54, 1.807) is 12.3 Å². The number of aromatic nitrogens is 3. The molecule has 1 atom stereocenters. The number of thiophene rings is 1. The zero-order valence-corrected chi connectivity index (χ0v) is 16.2. The summed E-state index contributed by atoms with van der Waals surface area (Å²) in [6.45, 7) is 5.81. The smallest absolute Gasteiger partial charge is 0.271 e. The van der Waals surface area contributed by atoms with Gasteiger partial charge >= 0.3 is 0 Å². The second-order valence-electron chi connectivity index (χ2n) is 5.31. The summed E-state index contributed by atoms with van der Waals surface area (Å²) in [6, 6.07) is 2.87. The summed E-state index contributed by atoms with van der Waals surface area (Å²) in [7, 11) is 0. The van der Waals surface area contributed by atoms with Gasteiger partial charge in [-0.25, -0.2) is 14.4 Å². The van der Waals surface area contributed by atoms with Crippen molar-refractivity contribution >= 4 is 33.4 Å². The lowest BCUT2D eigenvalue weighted by Gasteiger charge is -2.15. The number of rotatable bonds is 6. The number of amides is 1. The molecule has 0 fully saturated rings. The molecule has 0 aliphatic heterocycles. The van der Waals surface area contributed by atoms with Crippen LogP contribution in [0.15, 0.2) is 29.9 Å². The van der Waals surface area contributed by atoms with Crippen LogP contribution in [-0.2, 0) is 0 Å². The van der Waals surface area contributed by atoms with Crippen molar-refractivity contribution in [1.29, 1.82) is 0 Å². The first-order chi connectivity index (χ1) is 13.1. The fraction of sp³-hybridized carbons (Fsp3) is 0.333. The Bertz CT molecular complexity index is 902. The normalized spacial score (nSPS) is 11.4. The predicted molar refractivity (Wildman–Crippen MR) is 104 cm³/mol. The molecule has 0 spiro atoms. The summed E-state index contributed by atoms with van der Waals surface area (Å²) in [5.74, 6) is -0.548. The molecule has 0 radical (unpaired) electrons. The minimum absolute atomic E-state index is 0.143. The molecule has 3 aromatic rings. The molecule has 0 aromatic carbocycles. The fourth-order valence-corrected chi connectivity index (χ4v) is 3.09. The van der Waals surface area contributed by atoms with E-state index in [-0.39, 0.29) is 36.7 Å². The first kappa shape index (κ1) is 20.7. The second kappa shape index (κ2) is 9.89. The van der Waals surface area contributed by atoms with E-state index in [9.17, 15) is 9.18 Å². The van der Waals surface area contributed by atoms with Crippen molar-refractivity contribution in [1.82, 2.24) is 20.3 Å². The summed E-state index contributed by atoms with van der Waals surface area (Å²) in [5, 5.41) is 16.3. The number of carbonyl (C=O) groups is 1. The van der Waals surface area contributed by atoms with Gasteiger partial charge in [0.2, 0.25) is 5.95 Å². The van der Waals surface area contributed by atoms with E-state index in [4.69, 9.17) is 5.11 Å². The molecule has 0 saturated heterocycles. The molecular formula is C18H22FN5O2S. The van der Waals surface area contributed by atoms with Gasteiger partial charge in [0.05, 0.1) is 29.1 Å². The first-order valence-electron chi connectivity index (χ1n) is 8.59. The Morgan fingerprint density at radius 2 is 2.11 bits per heavy atom. The third-order valence-corrected chi connectivity index (χ3v) is 4.40. The van der Waals surface area contributed by atoms with E-state index in [1.165, 1.54) is 17.4 Å². The third-order valence-electron chi connectivity index (χ3n) is 3.49. The lowest BCUT2D eigenvalue weighted by atomic mass is 10.1. The van der Waals surface area contributed by atoms with Crippen LogP contribution in [0.1, 0.15) is 42.9 Å². The number of pyridine rings is 1. The van der Waals surface area contributed by atoms with Crippen LogP contribution in [0.4, 0.5) is 10.3 Å². The molecule has 1 unspecified atom stereocenters. The van der Waals surface area contributed by atoms with Gasteiger partial charge < -0.3 is 15.7 Å². The summed E-state index contributed by atoms with van der Waals surface area (Å²) in [5.41, 5.74) is 1.52. The van der Waals surface area contributed by atoms with Crippen molar-refractivity contribution in [2.45, 2.75) is 26.8 Å². The standard InChI is InChI=1S/C16H16FN5O2S.C2H6/c1-9(10-6-11(17)8-18-7-10)20-16-21-12-2-5-25-14(12)13(22-16)15(24)19-3-4-23;1-2/h2,5-9,23H,3-4H2,1H3,(H,19,24)(H,20,21,22);1-2H3. The van der Waals surface area contributed by atoms with Crippen molar-refractivity contribution in [2.75, 3.05) is 18.5 Å². The van der Waals surface area contributed by atoms with Crippen LogP contribution in [0.3, 0.4) is 0 Å². The third kappa shape index (κ3) is 5.18. The maximum Gasteiger partial charge on any atom is 0.271 e. The van der Waals surface area contributed by atoms with Crippen LogP contribution >= 0.6 is 11.3 Å². The lowest BCUT2D eigenvalue weighted by molar-refractivity contribution is 0.0942. The number of aliphatic hydroxyl groups is 1. The quantitative estimate of drug-likeness (QED) is 0.597. The number of hydrogen-bond donors (Lipinski definition) is 3. The Morgan fingerprint density at radius 3 is 2.81 bits per heavy atom. The molecule has 1 amide bonds. The minimum atomic E-state index is -0.426. The van der Waals surface area contributed by atoms with Crippen LogP contribution in [0.2, 0.25) is 0 Å². The van der Waals surface area contributed by atoms with Gasteiger partial charge in [-0.3, -0.25) is 9.78 Å². The highest BCUT2D eigenvalue weighted by atomic mass is 32.1. The molecule has 9 heteroatoms. The highest BCUT2D eigenvalue weighted by molar-refractivity contribution is 7.17. The van der Waals surface area contributed by atoms with Crippen molar-refractivity contribution in [2.24, 2.45) is 0 Å². The number of fused-ring (bicyclic) bond motifs is 1. The van der Waals surface area contributed by atoms with Crippen molar-refractivity contribution in [3.63, 3.8) is 0 Å². The Balaban J connectivity index is 0.00000126. The molecule has 3 N–H and O–H groups in total. The van der Waals surface area contributed by atoms with Crippen LogP contribution in [0, 0.1) is 5.82 Å². The lowest BCUT2D eigenvalue weighted by Crippen LogP contribution is -2.27. The number of aliphatic hydroxyl groups excluding tert-OH is 1. The molecule has 3 heterocycles. The van der Waals surface area contributed by atoms with Crippen molar-refractivity contribution < 1.29 is 14.3 Å². The maximum absolute atomic E-state index is 13.3. The Morgan fingerprint density at radius 1 is 1.33 bits per heavy atom. The van der Waals surface area contributed by atoms with Gasteiger partial charge in [0, 0.05) is 12.7 Å². The summed E-state index contributed by atoms with van der Waals surface area (Å²) < 4.78 is 14.0. The molecule has 27 heavy (non-hydrogen) atoms. The van der Waals surface area contributed by atoms with Crippen molar-refractivity contribution in [3.8, 4) is 0 Å². The van der Waals surface area contributed by atoms with Gasteiger partial charge in [-0.1, -0.05) is 13.8 Å². The number of hydrogen-bond acceptors (Lipinski definition) is 7. The molecule has 3 rings (SSSR count). The first-order valence-corrected chi connectivity index (χ1v) is 9.47. The van der Waals surface area contributed by atoms with Gasteiger partial charge in [0.25, 0.3) is 5.91 Å². The number of anilines is 1. The van der Waals surface area contributed by atoms with E-state index >= 15 is 0 Å². The monoisotopic (exact) mass is 391 g/mol. The van der Waals surface area contributed by atoms with Gasteiger partial charge in [0.15, 0.2) is 5.69 Å². The Labute approximate surface area is 160 Å². The molecule has 144 valence electrons. The maximum atomic E-state index is 13.3. The molecule has 3 aromatic heterocycles. The highest BCUT2D eigenvalue weighted by Gasteiger charge is 2.17. The van der Waals surface area contributed by atoms with E-state index in [2.05, 4.69) is 25.6 Å². The predicted octanol–water partition coefficient (Wildman–Crippen LogP) is 3.15. The van der Waals surface area contributed by atoms with Crippen LogP contribution in [-0.4, -0.2) is 39.1 Å². The zero-order chi connectivity index (χ0) is 19.8. The topological polar surface area (TPSA) is 100 Å². The van der Waals surface area contributed by atoms with Crippen LogP contribution < -0.4 is 10.6 Å². The van der Waals surface area contributed by atoms with Crippen LogP contribution in [0.5, 0.6) is 0 Å². The number of halogens is 1. The summed E-state index contributed by atoms with van der Waals surface area (Å²) in [4.78, 5) is 24.8. The van der Waals surface area contributed by atoms with Gasteiger partial charge in [0.1, 0.15) is 5.82 Å². The van der Waals surface area contributed by atoms with E-state index in [0.717, 1.165) is 6.20 Å².